The molecule has 0 bridgehead atoms. The van der Waals surface area contributed by atoms with Crippen molar-refractivity contribution in [2.24, 2.45) is 7.05 Å². The molecule has 2 heterocycles. The Hall–Kier alpha value is -2.50. The van der Waals surface area contributed by atoms with E-state index >= 15 is 0 Å². The highest BCUT2D eigenvalue weighted by Gasteiger charge is 2.23. The zero-order valence-corrected chi connectivity index (χ0v) is 14.4. The maximum atomic E-state index is 12.4. The molecule has 0 radical (unpaired) electrons. The predicted molar refractivity (Wildman–Crippen MR) is 94.9 cm³/mol. The molecule has 128 valence electrons. The number of aromatic nitrogens is 2. The molecule has 1 aromatic heterocycles. The molecule has 1 N–H and O–H groups in total. The minimum atomic E-state index is -0.0168. The second-order valence-corrected chi connectivity index (χ2v) is 6.45. The number of nitrogens with zero attached hydrogens (tertiary/aromatic N) is 4. The van der Waals surface area contributed by atoms with Crippen LogP contribution in [0.2, 0.25) is 0 Å². The van der Waals surface area contributed by atoms with Crippen LogP contribution >= 0.6 is 0 Å². The molecule has 0 saturated carbocycles. The Bertz CT molecular complexity index is 669. The highest BCUT2D eigenvalue weighted by Crippen LogP contribution is 2.19. The van der Waals surface area contributed by atoms with E-state index in [9.17, 15) is 4.79 Å². The van der Waals surface area contributed by atoms with Gasteiger partial charge in [0.15, 0.2) is 0 Å². The number of piperidine rings is 1. The van der Waals surface area contributed by atoms with E-state index in [0.717, 1.165) is 37.2 Å². The second kappa shape index (κ2) is 7.38. The maximum absolute atomic E-state index is 12.4. The predicted octanol–water partition coefficient (Wildman–Crippen LogP) is 2.23. The van der Waals surface area contributed by atoms with Gasteiger partial charge >= 0.3 is 6.03 Å². The Balaban J connectivity index is 1.53. The van der Waals surface area contributed by atoms with Crippen molar-refractivity contribution in [3.05, 3.63) is 48.3 Å². The van der Waals surface area contributed by atoms with Gasteiger partial charge in [0.05, 0.1) is 11.9 Å². The van der Waals surface area contributed by atoms with Gasteiger partial charge in [-0.25, -0.2) is 4.79 Å². The first-order valence-electron chi connectivity index (χ1n) is 8.41. The number of carbonyl (C=O) groups excluding carboxylic acids is 1. The van der Waals surface area contributed by atoms with Gasteiger partial charge in [-0.2, -0.15) is 5.10 Å². The van der Waals surface area contributed by atoms with E-state index in [4.69, 9.17) is 0 Å². The molecule has 2 amide bonds. The molecule has 3 rings (SSSR count). The number of anilines is 1. The number of carbonyl (C=O) groups is 1. The number of nitrogens with one attached hydrogen (secondary N) is 1. The number of urea groups is 1. The molecule has 1 aliphatic rings. The van der Waals surface area contributed by atoms with Crippen LogP contribution in [0.25, 0.3) is 0 Å². The second-order valence-electron chi connectivity index (χ2n) is 6.45. The van der Waals surface area contributed by atoms with Crippen LogP contribution in [-0.4, -0.2) is 46.9 Å². The largest absolute Gasteiger partial charge is 0.367 e. The van der Waals surface area contributed by atoms with Crippen LogP contribution in [0.4, 0.5) is 10.5 Å². The smallest absolute Gasteiger partial charge is 0.317 e. The SMILES string of the molecule is CN(Cc1ccccc1)C(=O)NC1CCCN(c2cnn(C)c2)C1. The fourth-order valence-corrected chi connectivity index (χ4v) is 3.11. The highest BCUT2D eigenvalue weighted by molar-refractivity contribution is 5.74. The van der Waals surface area contributed by atoms with E-state index in [2.05, 4.69) is 15.3 Å². The van der Waals surface area contributed by atoms with E-state index in [1.807, 2.05) is 61.5 Å². The van der Waals surface area contributed by atoms with Crippen molar-refractivity contribution >= 4 is 11.7 Å². The molecule has 6 nitrogen and oxygen atoms in total. The molecule has 1 aliphatic heterocycles. The minimum absolute atomic E-state index is 0.0168. The van der Waals surface area contributed by atoms with E-state index in [1.54, 1.807) is 4.90 Å². The first-order chi connectivity index (χ1) is 11.6. The van der Waals surface area contributed by atoms with Crippen LogP contribution in [0.15, 0.2) is 42.7 Å². The van der Waals surface area contributed by atoms with E-state index in [0.29, 0.717) is 6.54 Å². The summed E-state index contributed by atoms with van der Waals surface area (Å²) in [6.45, 7) is 2.46. The standard InChI is InChI=1S/C18H25N5O/c1-21(12-15-7-4-3-5-8-15)18(24)20-16-9-6-10-23(13-16)17-11-19-22(2)14-17/h3-5,7-8,11,14,16H,6,9-10,12-13H2,1-2H3,(H,20,24). The van der Waals surface area contributed by atoms with Gasteiger partial charge in [0.2, 0.25) is 0 Å². The third-order valence-electron chi connectivity index (χ3n) is 4.41. The summed E-state index contributed by atoms with van der Waals surface area (Å²) in [5, 5.41) is 7.40. The zero-order valence-electron chi connectivity index (χ0n) is 14.4. The van der Waals surface area contributed by atoms with Crippen LogP contribution in [0.5, 0.6) is 0 Å². The lowest BCUT2D eigenvalue weighted by Crippen LogP contribution is -2.50. The summed E-state index contributed by atoms with van der Waals surface area (Å²) in [5.74, 6) is 0. The van der Waals surface area contributed by atoms with E-state index < -0.39 is 0 Å². The average Bonchev–Trinajstić information content (AvgIpc) is 3.02. The zero-order chi connectivity index (χ0) is 16.9. The molecule has 6 heteroatoms. The number of hydrogen-bond donors (Lipinski definition) is 1. The molecule has 1 atom stereocenters. The number of benzene rings is 1. The summed E-state index contributed by atoms with van der Waals surface area (Å²) in [6.07, 6.45) is 5.99. The van der Waals surface area contributed by atoms with Crippen molar-refractivity contribution in [2.45, 2.75) is 25.4 Å². The van der Waals surface area contributed by atoms with Crippen molar-refractivity contribution in [3.8, 4) is 0 Å². The summed E-state index contributed by atoms with van der Waals surface area (Å²) in [5.41, 5.74) is 2.25. The van der Waals surface area contributed by atoms with E-state index in [1.165, 1.54) is 0 Å². The fraction of sp³-hybridized carbons (Fsp3) is 0.444. The molecule has 2 aromatic rings. The van der Waals surface area contributed by atoms with Crippen molar-refractivity contribution in [2.75, 3.05) is 25.0 Å². The lowest BCUT2D eigenvalue weighted by atomic mass is 10.1. The van der Waals surface area contributed by atoms with Gasteiger partial charge in [-0.3, -0.25) is 4.68 Å². The van der Waals surface area contributed by atoms with Gasteiger partial charge in [-0.1, -0.05) is 30.3 Å². The summed E-state index contributed by atoms with van der Waals surface area (Å²) in [6, 6.07) is 10.2. The molecular weight excluding hydrogens is 302 g/mol. The fourth-order valence-electron chi connectivity index (χ4n) is 3.11. The van der Waals surface area contributed by atoms with Gasteiger partial charge in [-0.15, -0.1) is 0 Å². The van der Waals surface area contributed by atoms with Crippen LogP contribution < -0.4 is 10.2 Å². The lowest BCUT2D eigenvalue weighted by molar-refractivity contribution is 0.201. The van der Waals surface area contributed by atoms with E-state index in [-0.39, 0.29) is 12.1 Å². The van der Waals surface area contributed by atoms with Gasteiger partial charge in [0.1, 0.15) is 0 Å². The molecule has 0 aliphatic carbocycles. The Morgan fingerprint density at radius 1 is 1.38 bits per heavy atom. The monoisotopic (exact) mass is 327 g/mol. The Labute approximate surface area is 143 Å². The van der Waals surface area contributed by atoms with Gasteiger partial charge in [0.25, 0.3) is 0 Å². The van der Waals surface area contributed by atoms with Crippen LogP contribution in [0, 0.1) is 0 Å². The molecule has 1 aromatic carbocycles. The quantitative estimate of drug-likeness (QED) is 0.937. The average molecular weight is 327 g/mol. The Kier molecular flexibility index (Phi) is 5.03. The molecule has 1 fully saturated rings. The molecule has 1 unspecified atom stereocenters. The minimum Gasteiger partial charge on any atom is -0.367 e. The van der Waals surface area contributed by atoms with Crippen molar-refractivity contribution in [1.29, 1.82) is 0 Å². The number of amides is 2. The van der Waals surface area contributed by atoms with Gasteiger partial charge in [-0.05, 0) is 18.4 Å². The summed E-state index contributed by atoms with van der Waals surface area (Å²) in [7, 11) is 3.76. The number of aryl methyl sites for hydroxylation is 1. The van der Waals surface area contributed by atoms with Gasteiger partial charge < -0.3 is 15.1 Å². The van der Waals surface area contributed by atoms with Crippen molar-refractivity contribution < 1.29 is 4.79 Å². The number of hydrogen-bond acceptors (Lipinski definition) is 3. The lowest BCUT2D eigenvalue weighted by Gasteiger charge is -2.34. The molecule has 1 saturated heterocycles. The maximum Gasteiger partial charge on any atom is 0.317 e. The van der Waals surface area contributed by atoms with Crippen LogP contribution in [-0.2, 0) is 13.6 Å². The van der Waals surface area contributed by atoms with Crippen LogP contribution in [0.1, 0.15) is 18.4 Å². The highest BCUT2D eigenvalue weighted by atomic mass is 16.2. The van der Waals surface area contributed by atoms with Crippen LogP contribution in [0.3, 0.4) is 0 Å². The third kappa shape index (κ3) is 4.07. The number of rotatable bonds is 4. The molecule has 24 heavy (non-hydrogen) atoms. The normalized spacial score (nSPS) is 17.6. The topological polar surface area (TPSA) is 53.4 Å². The summed E-state index contributed by atoms with van der Waals surface area (Å²) in [4.78, 5) is 16.5. The first kappa shape index (κ1) is 16.4. The Morgan fingerprint density at radius 3 is 2.88 bits per heavy atom. The first-order valence-corrected chi connectivity index (χ1v) is 8.41. The Morgan fingerprint density at radius 2 is 2.17 bits per heavy atom. The summed E-state index contributed by atoms with van der Waals surface area (Å²) < 4.78 is 1.81. The third-order valence-corrected chi connectivity index (χ3v) is 4.41. The summed E-state index contributed by atoms with van der Waals surface area (Å²) >= 11 is 0. The van der Waals surface area contributed by atoms with Gasteiger partial charge in [0, 0.05) is 46.0 Å². The molecular formula is C18H25N5O. The van der Waals surface area contributed by atoms with Crippen molar-refractivity contribution in [3.63, 3.8) is 0 Å². The van der Waals surface area contributed by atoms with Crippen molar-refractivity contribution in [1.82, 2.24) is 20.0 Å². The molecule has 0 spiro atoms.